The van der Waals surface area contributed by atoms with Crippen molar-refractivity contribution in [2.24, 2.45) is 5.16 Å². The Hall–Kier alpha value is -3.20. The Bertz CT molecular complexity index is 995. The zero-order valence-electron chi connectivity index (χ0n) is 15.9. The van der Waals surface area contributed by atoms with Crippen molar-refractivity contribution < 1.29 is 38.2 Å². The van der Waals surface area contributed by atoms with Gasteiger partial charge in [0.2, 0.25) is 0 Å². The molecule has 2 atom stereocenters. The zero-order chi connectivity index (χ0) is 22.7. The fourth-order valence-electron chi connectivity index (χ4n) is 2.88. The van der Waals surface area contributed by atoms with Crippen LogP contribution in [0.3, 0.4) is 0 Å². The number of hydrogen-bond donors (Lipinski definition) is 3. The number of anilines is 1. The number of hydrogen-bond acceptors (Lipinski definition) is 11. The van der Waals surface area contributed by atoms with E-state index in [1.165, 1.54) is 24.1 Å². The van der Waals surface area contributed by atoms with Gasteiger partial charge in [-0.1, -0.05) is 5.16 Å². The number of aromatic nitrogens is 1. The van der Waals surface area contributed by atoms with E-state index in [4.69, 9.17) is 10.5 Å². The van der Waals surface area contributed by atoms with Crippen molar-refractivity contribution in [2.45, 2.75) is 18.3 Å². The number of aliphatic carboxylic acids is 1. The van der Waals surface area contributed by atoms with Crippen LogP contribution in [0.5, 0.6) is 0 Å². The lowest BCUT2D eigenvalue weighted by Gasteiger charge is -2.49. The summed E-state index contributed by atoms with van der Waals surface area (Å²) in [6.07, 6.45) is 0. The lowest BCUT2D eigenvalue weighted by molar-refractivity contribution is -0.150. The van der Waals surface area contributed by atoms with Gasteiger partial charge in [-0.3, -0.25) is 19.3 Å². The predicted molar refractivity (Wildman–Crippen MR) is 106 cm³/mol. The molecule has 0 aromatic carbocycles. The van der Waals surface area contributed by atoms with E-state index in [1.54, 1.807) is 0 Å². The molecule has 1 saturated heterocycles. The number of rotatable bonds is 8. The molecule has 2 amide bonds. The van der Waals surface area contributed by atoms with Crippen molar-refractivity contribution >= 4 is 57.7 Å². The molecular weight excluding hydrogens is 457 g/mol. The van der Waals surface area contributed by atoms with Crippen molar-refractivity contribution in [3.8, 4) is 0 Å². The van der Waals surface area contributed by atoms with Crippen LogP contribution in [-0.2, 0) is 28.8 Å². The molecule has 4 N–H and O–H groups in total. The SMILES string of the molecule is CC(=O)OCC1=C(C(=O)O)N2C(=O)[C@@H](NC(=O)C(=NOCF)c3csc(N)n3)[C@H]2SC1. The van der Waals surface area contributed by atoms with Gasteiger partial charge in [0.15, 0.2) is 10.8 Å². The number of nitrogen functional groups attached to an aromatic ring is 1. The first-order valence-electron chi connectivity index (χ1n) is 8.56. The van der Waals surface area contributed by atoms with Gasteiger partial charge in [0.05, 0.1) is 0 Å². The van der Waals surface area contributed by atoms with Gasteiger partial charge in [0.1, 0.15) is 29.4 Å². The molecule has 0 bridgehead atoms. The molecule has 0 saturated carbocycles. The Morgan fingerprint density at radius 3 is 2.81 bits per heavy atom. The number of carboxylic acid groups (broad SMARTS) is 1. The van der Waals surface area contributed by atoms with Gasteiger partial charge in [-0.25, -0.2) is 14.2 Å². The van der Waals surface area contributed by atoms with E-state index in [9.17, 15) is 28.7 Å². The van der Waals surface area contributed by atoms with Crippen LogP contribution in [-0.4, -0.2) is 75.1 Å². The second kappa shape index (κ2) is 9.30. The molecule has 12 nitrogen and oxygen atoms in total. The van der Waals surface area contributed by atoms with E-state index in [1.807, 2.05) is 0 Å². The number of esters is 1. The topological polar surface area (TPSA) is 174 Å². The smallest absolute Gasteiger partial charge is 0.352 e. The number of thioether (sulfide) groups is 1. The number of nitrogens with zero attached hydrogens (tertiary/aromatic N) is 3. The fourth-order valence-corrected chi connectivity index (χ4v) is 4.76. The maximum absolute atomic E-state index is 12.7. The number of thiazole rings is 1. The molecule has 2 aliphatic heterocycles. The monoisotopic (exact) mass is 473 g/mol. The van der Waals surface area contributed by atoms with Crippen molar-refractivity contribution in [3.05, 3.63) is 22.3 Å². The average molecular weight is 473 g/mol. The zero-order valence-corrected chi connectivity index (χ0v) is 17.5. The Balaban J connectivity index is 1.78. The number of nitrogens with two attached hydrogens (primary N) is 1. The minimum Gasteiger partial charge on any atom is -0.477 e. The highest BCUT2D eigenvalue weighted by atomic mass is 32.2. The second-order valence-corrected chi connectivity index (χ2v) is 8.14. The van der Waals surface area contributed by atoms with Crippen LogP contribution < -0.4 is 11.1 Å². The lowest BCUT2D eigenvalue weighted by Crippen LogP contribution is -2.71. The third kappa shape index (κ3) is 4.61. The molecule has 1 aromatic rings. The minimum atomic E-state index is -1.36. The standard InChI is InChI=1S/C16H16FN5O7S2/c1-6(23)28-2-7-3-30-14-10(13(25)22(14)11(7)15(26)27)20-12(24)9(21-29-5-17)8-4-31-16(18)19-8/h4,10,14H,2-3,5H2,1H3,(H2,18,19)(H,20,24)(H,26,27)/t10-,14-/m1/s1. The van der Waals surface area contributed by atoms with Crippen molar-refractivity contribution in [3.63, 3.8) is 0 Å². The normalized spacial score (nSPS) is 20.6. The van der Waals surface area contributed by atoms with E-state index in [2.05, 4.69) is 20.3 Å². The highest BCUT2D eigenvalue weighted by Crippen LogP contribution is 2.40. The highest BCUT2D eigenvalue weighted by molar-refractivity contribution is 8.00. The third-order valence-corrected chi connectivity index (χ3v) is 6.18. The molecule has 2 aliphatic rings. The van der Waals surface area contributed by atoms with Crippen molar-refractivity contribution in [2.75, 3.05) is 25.0 Å². The Kier molecular flexibility index (Phi) is 6.74. The van der Waals surface area contributed by atoms with Gasteiger partial charge in [-0.2, -0.15) is 0 Å². The number of fused-ring (bicyclic) bond motifs is 1. The molecule has 0 spiro atoms. The molecule has 1 aromatic heterocycles. The van der Waals surface area contributed by atoms with Crippen LogP contribution in [0.4, 0.5) is 9.52 Å². The summed E-state index contributed by atoms with van der Waals surface area (Å²) in [5, 5.41) is 16.2. The number of amides is 2. The number of carbonyl (C=O) groups excluding carboxylic acids is 3. The number of halogens is 1. The number of nitrogens with one attached hydrogen (secondary N) is 1. The highest BCUT2D eigenvalue weighted by Gasteiger charge is 2.54. The first-order valence-corrected chi connectivity index (χ1v) is 10.5. The van der Waals surface area contributed by atoms with E-state index < -0.39 is 42.0 Å². The Labute approximate surface area is 182 Å². The third-order valence-electron chi connectivity index (χ3n) is 4.17. The van der Waals surface area contributed by atoms with Gasteiger partial charge in [0.25, 0.3) is 18.7 Å². The van der Waals surface area contributed by atoms with E-state index >= 15 is 0 Å². The average Bonchev–Trinajstić information content (AvgIpc) is 3.15. The molecule has 3 heterocycles. The second-order valence-electron chi connectivity index (χ2n) is 6.15. The quantitative estimate of drug-likeness (QED) is 0.196. The minimum absolute atomic E-state index is 0.0307. The number of alkyl halides is 1. The number of ether oxygens (including phenoxy) is 1. The van der Waals surface area contributed by atoms with E-state index in [0.717, 1.165) is 16.2 Å². The van der Waals surface area contributed by atoms with Crippen LogP contribution in [0.15, 0.2) is 21.8 Å². The fraction of sp³-hybridized carbons (Fsp3) is 0.375. The van der Waals surface area contributed by atoms with Crippen LogP contribution >= 0.6 is 23.1 Å². The van der Waals surface area contributed by atoms with E-state index in [-0.39, 0.29) is 40.2 Å². The summed E-state index contributed by atoms with van der Waals surface area (Å²) >= 11 is 2.21. The van der Waals surface area contributed by atoms with Gasteiger partial charge < -0.3 is 25.7 Å². The summed E-state index contributed by atoms with van der Waals surface area (Å²) in [5.41, 5.74) is 5.16. The predicted octanol–water partition coefficient (Wildman–Crippen LogP) is -0.325. The summed E-state index contributed by atoms with van der Waals surface area (Å²) in [6.45, 7) is -0.370. The van der Waals surface area contributed by atoms with Gasteiger partial charge >= 0.3 is 11.9 Å². The van der Waals surface area contributed by atoms with E-state index in [0.29, 0.717) is 0 Å². The van der Waals surface area contributed by atoms with Crippen LogP contribution in [0, 0.1) is 0 Å². The first kappa shape index (κ1) is 22.5. The van der Waals surface area contributed by atoms with Crippen LogP contribution in [0.25, 0.3) is 0 Å². The molecule has 3 rings (SSSR count). The Morgan fingerprint density at radius 1 is 1.48 bits per heavy atom. The molecule has 15 heteroatoms. The van der Waals surface area contributed by atoms with Crippen molar-refractivity contribution in [1.82, 2.24) is 15.2 Å². The molecule has 1 fully saturated rings. The number of oxime groups is 1. The van der Waals surface area contributed by atoms with Gasteiger partial charge in [0, 0.05) is 23.6 Å². The molecular formula is C16H16FN5O7S2. The summed E-state index contributed by atoms with van der Waals surface area (Å²) in [5.74, 6) is -3.32. The number of carboxylic acids is 1. The van der Waals surface area contributed by atoms with Crippen LogP contribution in [0.1, 0.15) is 12.6 Å². The number of β-lactam (4-membered cyclic amide) rings is 1. The van der Waals surface area contributed by atoms with Gasteiger partial charge in [-0.05, 0) is 0 Å². The summed E-state index contributed by atoms with van der Waals surface area (Å²) in [6, 6.07) is -1.06. The van der Waals surface area contributed by atoms with Crippen LogP contribution in [0.2, 0.25) is 0 Å². The largest absolute Gasteiger partial charge is 0.477 e. The Morgan fingerprint density at radius 2 is 2.23 bits per heavy atom. The number of carbonyl (C=O) groups is 4. The summed E-state index contributed by atoms with van der Waals surface area (Å²) in [7, 11) is 0. The summed E-state index contributed by atoms with van der Waals surface area (Å²) in [4.78, 5) is 57.3. The maximum atomic E-state index is 12.7. The molecule has 0 radical (unpaired) electrons. The lowest BCUT2D eigenvalue weighted by atomic mass is 10.0. The molecule has 166 valence electrons. The molecule has 0 aliphatic carbocycles. The first-order chi connectivity index (χ1) is 14.7. The van der Waals surface area contributed by atoms with Gasteiger partial charge in [-0.15, -0.1) is 23.1 Å². The van der Waals surface area contributed by atoms with Crippen molar-refractivity contribution in [1.29, 1.82) is 0 Å². The molecule has 0 unspecified atom stereocenters. The molecule has 31 heavy (non-hydrogen) atoms. The maximum Gasteiger partial charge on any atom is 0.352 e. The summed E-state index contributed by atoms with van der Waals surface area (Å²) < 4.78 is 17.2.